The third-order valence-electron chi connectivity index (χ3n) is 23.0. The van der Waals surface area contributed by atoms with E-state index in [1.54, 1.807) is 13.8 Å². The van der Waals surface area contributed by atoms with Crippen molar-refractivity contribution in [3.05, 3.63) is 11.6 Å². The Morgan fingerprint density at radius 1 is 0.528 bits per heavy atom. The summed E-state index contributed by atoms with van der Waals surface area (Å²) in [5.74, 6) is 0.479. The van der Waals surface area contributed by atoms with E-state index in [2.05, 4.69) is 70.2 Å². The van der Waals surface area contributed by atoms with Crippen molar-refractivity contribution in [2.45, 2.75) is 288 Å². The molecule has 0 bridgehead atoms. The monoisotopic (exact) mass is 1400 g/mol. The molecule has 9 rings (SSSR count). The van der Waals surface area contributed by atoms with Crippen LogP contribution in [0.15, 0.2) is 11.6 Å². The van der Waals surface area contributed by atoms with Gasteiger partial charge in [-0.2, -0.15) is 0 Å². The van der Waals surface area contributed by atoms with E-state index in [0.29, 0.717) is 12.8 Å². The van der Waals surface area contributed by atoms with Gasteiger partial charge in [-0.3, -0.25) is 0 Å². The fourth-order valence-corrected chi connectivity index (χ4v) is 18.3. The van der Waals surface area contributed by atoms with E-state index in [-0.39, 0.29) is 43.8 Å². The number of rotatable bonds is 20. The van der Waals surface area contributed by atoms with Gasteiger partial charge in [-0.1, -0.05) is 75.8 Å². The molecule has 0 spiro atoms. The summed E-state index contributed by atoms with van der Waals surface area (Å²) < 4.78 is 59.4. The molecule has 28 nitrogen and oxygen atoms in total. The van der Waals surface area contributed by atoms with Crippen LogP contribution in [0.5, 0.6) is 0 Å². The number of hydrogen-bond acceptors (Lipinski definition) is 28. The van der Waals surface area contributed by atoms with Gasteiger partial charge < -0.3 is 139 Å². The molecule has 0 aromatic rings. The summed E-state index contributed by atoms with van der Waals surface area (Å²) in [4.78, 5) is 0. The molecular weight excluding hydrogens is 1300 g/mol. The highest BCUT2D eigenvalue weighted by Crippen LogP contribution is 2.78. The number of halogens is 1. The zero-order chi connectivity index (χ0) is 65.6. The van der Waals surface area contributed by atoms with E-state index in [9.17, 15) is 91.9 Å². The lowest BCUT2D eigenvalue weighted by atomic mass is 9.39. The summed E-state index contributed by atoms with van der Waals surface area (Å²) in [6, 6.07) is 0. The molecule has 89 heavy (non-hydrogen) atoms. The van der Waals surface area contributed by atoms with Gasteiger partial charge in [-0.25, -0.2) is 0 Å². The Morgan fingerprint density at radius 3 is 1.46 bits per heavy atom. The molecule has 516 valence electrons. The summed E-state index contributed by atoms with van der Waals surface area (Å²) in [6.45, 7) is 13.5. The van der Waals surface area contributed by atoms with Crippen molar-refractivity contribution in [1.82, 2.24) is 0 Å². The molecule has 9 aliphatic rings. The van der Waals surface area contributed by atoms with Gasteiger partial charge in [0.05, 0.1) is 50.8 Å². The highest BCUT2D eigenvalue weighted by Gasteiger charge is 2.72. The predicted molar refractivity (Wildman–Crippen MR) is 312 cm³/mol. The summed E-state index contributed by atoms with van der Waals surface area (Å²) >= 11 is 2.69. The van der Waals surface area contributed by atoms with Gasteiger partial charge in [-0.05, 0) is 106 Å². The van der Waals surface area contributed by atoms with Crippen LogP contribution < -0.4 is 0 Å². The van der Waals surface area contributed by atoms with Gasteiger partial charge in [0.2, 0.25) is 0 Å². The molecule has 3 saturated carbocycles. The summed E-state index contributed by atoms with van der Waals surface area (Å²) in [6.07, 6.45) is -33.9. The van der Waals surface area contributed by atoms with E-state index < -0.39 is 210 Å². The van der Waals surface area contributed by atoms with Gasteiger partial charge in [0.25, 0.3) is 0 Å². The normalized spacial score (nSPS) is 51.8. The number of aliphatic hydroxyl groups excluding tert-OH is 17. The minimum atomic E-state index is -1.94. The molecule has 0 radical (unpaired) electrons. The minimum absolute atomic E-state index is 0.0188. The lowest BCUT2D eigenvalue weighted by molar-refractivity contribution is -0.380. The molecule has 0 aromatic heterocycles. The summed E-state index contributed by atoms with van der Waals surface area (Å²) in [5.41, 5.74) is -1.38. The van der Waals surface area contributed by atoms with E-state index in [4.69, 9.17) is 47.4 Å². The molecule has 8 fully saturated rings. The Hall–Kier alpha value is -0.650. The van der Waals surface area contributed by atoms with Crippen LogP contribution >= 0.6 is 22.6 Å². The summed E-state index contributed by atoms with van der Waals surface area (Å²) in [5, 5.41) is 193. The van der Waals surface area contributed by atoms with Crippen molar-refractivity contribution in [1.29, 1.82) is 0 Å². The van der Waals surface area contributed by atoms with E-state index in [0.717, 1.165) is 38.5 Å². The van der Waals surface area contributed by atoms with Crippen molar-refractivity contribution in [3.63, 3.8) is 0 Å². The highest BCUT2D eigenvalue weighted by molar-refractivity contribution is 14.1. The Morgan fingerprint density at radius 2 is 0.966 bits per heavy atom. The van der Waals surface area contributed by atoms with Gasteiger partial charge >= 0.3 is 0 Å². The maximum atomic E-state index is 11.9. The van der Waals surface area contributed by atoms with Crippen LogP contribution in [0.1, 0.15) is 113 Å². The lowest BCUT2D eigenvalue weighted by Gasteiger charge is -2.67. The number of fused-ring (bicyclic) bond motifs is 5. The van der Waals surface area contributed by atoms with Crippen molar-refractivity contribution >= 4 is 22.6 Å². The fraction of sp³-hybridized carbons (Fsp3) is 0.967. The Bertz CT molecular complexity index is 2370. The predicted octanol–water partition coefficient (Wildman–Crippen LogP) is -3.82. The zero-order valence-corrected chi connectivity index (χ0v) is 54.0. The first-order valence-electron chi connectivity index (χ1n) is 31.5. The van der Waals surface area contributed by atoms with Crippen LogP contribution in [0.25, 0.3) is 0 Å². The second kappa shape index (κ2) is 27.7. The molecule has 34 atom stereocenters. The smallest absolute Gasteiger partial charge is 0.187 e. The van der Waals surface area contributed by atoms with Gasteiger partial charge in [0.1, 0.15) is 122 Å². The largest absolute Gasteiger partial charge is 0.394 e. The van der Waals surface area contributed by atoms with Crippen molar-refractivity contribution in [2.24, 2.45) is 39.4 Å². The van der Waals surface area contributed by atoms with Gasteiger partial charge in [0.15, 0.2) is 31.5 Å². The van der Waals surface area contributed by atoms with Gasteiger partial charge in [-0.15, -0.1) is 0 Å². The van der Waals surface area contributed by atoms with Crippen molar-refractivity contribution < 1.29 is 139 Å². The second-order valence-electron chi connectivity index (χ2n) is 28.7. The van der Waals surface area contributed by atoms with Crippen LogP contribution in [-0.2, 0) is 47.4 Å². The lowest BCUT2D eigenvalue weighted by Crippen LogP contribution is -2.65. The van der Waals surface area contributed by atoms with Crippen LogP contribution in [0.4, 0.5) is 0 Å². The third kappa shape index (κ3) is 13.1. The minimum Gasteiger partial charge on any atom is -0.394 e. The first-order chi connectivity index (χ1) is 41.6. The topological polar surface area (TPSA) is 456 Å². The number of allylic oxidation sites excluding steroid dienone is 1. The SMILES string of the molecule is C[C@H](CCC(OC1OC(COC2OC(CO)C(O)C(O)C2O)C(O)C(O)C1OC1OC(CO)C(O)C(O)C1O)C(C)(C)O)[C@@]1(I)CC[C@@]2(C)C3CC=C4C(CC[C@H](OC5OC(COC6OC(CO)C(O)C(O)C6O)C(O)C(O)C5O)C4(C)C)[C@]3(C)CC[C@@]21C. The van der Waals surface area contributed by atoms with E-state index in [1.807, 2.05) is 0 Å². The average molecular weight is 1400 g/mol. The Kier molecular flexibility index (Phi) is 22.6. The molecule has 29 heteroatoms. The quantitative estimate of drug-likeness (QED) is 0.0316. The van der Waals surface area contributed by atoms with Crippen LogP contribution in [0.3, 0.4) is 0 Å². The number of ether oxygens (including phenoxy) is 10. The highest BCUT2D eigenvalue weighted by atomic mass is 127. The van der Waals surface area contributed by atoms with Gasteiger partial charge in [0, 0.05) is 8.84 Å². The molecule has 28 unspecified atom stereocenters. The van der Waals surface area contributed by atoms with Crippen molar-refractivity contribution in [3.8, 4) is 0 Å². The molecule has 5 aliphatic heterocycles. The summed E-state index contributed by atoms with van der Waals surface area (Å²) in [7, 11) is 0. The Labute approximate surface area is 531 Å². The number of alkyl halides is 1. The zero-order valence-electron chi connectivity index (χ0n) is 51.8. The number of aliphatic hydroxyl groups is 18. The van der Waals surface area contributed by atoms with Crippen LogP contribution in [0, 0.1) is 39.4 Å². The first-order valence-corrected chi connectivity index (χ1v) is 32.6. The first kappa shape index (κ1) is 72.6. The molecular formula is C60H101IO28. The van der Waals surface area contributed by atoms with Crippen molar-refractivity contribution in [2.75, 3.05) is 33.0 Å². The van der Waals surface area contributed by atoms with E-state index >= 15 is 0 Å². The van der Waals surface area contributed by atoms with Crippen LogP contribution in [-0.4, -0.2) is 300 Å². The maximum Gasteiger partial charge on any atom is 0.187 e. The van der Waals surface area contributed by atoms with Crippen LogP contribution in [0.2, 0.25) is 0 Å². The second-order valence-corrected chi connectivity index (χ2v) is 30.6. The fourth-order valence-electron chi connectivity index (χ4n) is 16.9. The third-order valence-corrected chi connectivity index (χ3v) is 25.7. The molecule has 18 N–H and O–H groups in total. The molecule has 0 amide bonds. The molecule has 0 aromatic carbocycles. The number of hydrogen-bond donors (Lipinski definition) is 18. The standard InChI is InChI=1S/C60H101IO28/c1-24(9-13-34(56(4,5)79)88-54-49(89-53-48(78)42(72)37(67)29(21-64)84-53)44(74)39(69)31(86-54)23-81-51-46(76)41(71)36(66)28(20-63)83-51)60(61)18-16-58(7)32-12-10-25-26(57(32,6)15-17-59(58,60)8)11-14-33(55(25,2)3)87-52-47(77)43(73)38(68)30(85-52)22-80-50-45(75)40(70)35(65)27(19-62)82-50/h10,24,26-54,62-79H,9,11-23H2,1-8H3/t24-,26?,27?,28?,29?,30?,31?,32?,33+,34?,35?,36?,37?,38?,39?,40?,41?,42?,43?,44?,45?,46?,47?,48?,49?,50?,51?,52?,53?,54?,57+,58+,59+,60+/m1/s1. The molecule has 5 heterocycles. The maximum absolute atomic E-state index is 11.9. The molecule has 4 aliphatic carbocycles. The van der Waals surface area contributed by atoms with E-state index in [1.165, 1.54) is 5.57 Å². The molecule has 5 saturated heterocycles. The Balaban J connectivity index is 0.884. The average Bonchev–Trinajstić information content (AvgIpc) is 1.61.